The average molecular weight is 414 g/mol. The first kappa shape index (κ1) is 20.3. The van der Waals surface area contributed by atoms with Crippen molar-refractivity contribution in [2.24, 2.45) is 0 Å². The van der Waals surface area contributed by atoms with Gasteiger partial charge in [-0.1, -0.05) is 35.9 Å². The number of pyridine rings is 1. The second-order valence-corrected chi connectivity index (χ2v) is 8.30. The fourth-order valence-corrected chi connectivity index (χ4v) is 4.36. The second kappa shape index (κ2) is 9.70. The smallest absolute Gasteiger partial charge is 0.236 e. The van der Waals surface area contributed by atoms with Crippen molar-refractivity contribution in [3.8, 4) is 0 Å². The van der Waals surface area contributed by atoms with E-state index in [9.17, 15) is 4.79 Å². The Labute approximate surface area is 177 Å². The highest BCUT2D eigenvalue weighted by Gasteiger charge is 2.27. The lowest BCUT2D eigenvalue weighted by atomic mass is 9.93. The summed E-state index contributed by atoms with van der Waals surface area (Å²) in [4.78, 5) is 21.9. The lowest BCUT2D eigenvalue weighted by Crippen LogP contribution is -2.47. The lowest BCUT2D eigenvalue weighted by molar-refractivity contribution is -0.134. The lowest BCUT2D eigenvalue weighted by Gasteiger charge is -2.35. The van der Waals surface area contributed by atoms with Gasteiger partial charge >= 0.3 is 0 Å². The molecule has 0 N–H and O–H groups in total. The number of hydrogen-bond acceptors (Lipinski definition) is 4. The van der Waals surface area contributed by atoms with Crippen molar-refractivity contribution in [2.45, 2.75) is 25.2 Å². The topological polar surface area (TPSA) is 45.7 Å². The standard InChI is InChI=1S/C23H28ClN3O2/c24-21-8-2-1-5-18(21)15-20-7-3-9-22(25-20)19-6-4-10-27(16-19)23(28)17-26-11-13-29-14-12-26/h1-3,5,7-9,19H,4,6,10-17H2. The molecule has 3 heterocycles. The van der Waals surface area contributed by atoms with Crippen LogP contribution in [0, 0.1) is 0 Å². The monoisotopic (exact) mass is 413 g/mol. The van der Waals surface area contributed by atoms with Gasteiger partial charge in [0.1, 0.15) is 0 Å². The van der Waals surface area contributed by atoms with Crippen LogP contribution in [0.5, 0.6) is 0 Å². The number of hydrogen-bond donors (Lipinski definition) is 0. The molecule has 1 atom stereocenters. The van der Waals surface area contributed by atoms with Crippen LogP contribution in [0.3, 0.4) is 0 Å². The molecule has 1 aromatic carbocycles. The van der Waals surface area contributed by atoms with E-state index in [4.69, 9.17) is 21.3 Å². The number of aromatic nitrogens is 1. The summed E-state index contributed by atoms with van der Waals surface area (Å²) in [5.41, 5.74) is 3.19. The Kier molecular flexibility index (Phi) is 6.80. The van der Waals surface area contributed by atoms with Gasteiger partial charge in [0, 0.05) is 54.9 Å². The van der Waals surface area contributed by atoms with Crippen molar-refractivity contribution in [2.75, 3.05) is 45.9 Å². The zero-order valence-corrected chi connectivity index (χ0v) is 17.5. The number of likely N-dealkylation sites (tertiary alicyclic amines) is 1. The van der Waals surface area contributed by atoms with E-state index >= 15 is 0 Å². The third-order valence-corrected chi connectivity index (χ3v) is 6.18. The van der Waals surface area contributed by atoms with Crippen LogP contribution in [-0.2, 0) is 16.0 Å². The summed E-state index contributed by atoms with van der Waals surface area (Å²) in [5, 5.41) is 0.775. The largest absolute Gasteiger partial charge is 0.379 e. The van der Waals surface area contributed by atoms with Crippen molar-refractivity contribution in [1.82, 2.24) is 14.8 Å². The molecule has 0 bridgehead atoms. The Hall–Kier alpha value is -1.95. The van der Waals surface area contributed by atoms with E-state index in [0.717, 1.165) is 80.6 Å². The van der Waals surface area contributed by atoms with Crippen molar-refractivity contribution in [3.05, 3.63) is 64.4 Å². The highest BCUT2D eigenvalue weighted by Crippen LogP contribution is 2.27. The molecule has 0 radical (unpaired) electrons. The molecule has 0 saturated carbocycles. The van der Waals surface area contributed by atoms with Crippen LogP contribution < -0.4 is 0 Å². The number of benzene rings is 1. The Morgan fingerprint density at radius 2 is 1.93 bits per heavy atom. The first-order valence-electron chi connectivity index (χ1n) is 10.5. The van der Waals surface area contributed by atoms with Crippen LogP contribution >= 0.6 is 11.6 Å². The number of halogens is 1. The highest BCUT2D eigenvalue weighted by atomic mass is 35.5. The van der Waals surface area contributed by atoms with Gasteiger partial charge in [-0.2, -0.15) is 0 Å². The van der Waals surface area contributed by atoms with Gasteiger partial charge in [0.2, 0.25) is 5.91 Å². The zero-order chi connectivity index (χ0) is 20.1. The predicted molar refractivity (Wildman–Crippen MR) is 114 cm³/mol. The highest BCUT2D eigenvalue weighted by molar-refractivity contribution is 6.31. The van der Waals surface area contributed by atoms with Gasteiger partial charge in [0.05, 0.1) is 19.8 Å². The molecule has 0 spiro atoms. The van der Waals surface area contributed by atoms with E-state index in [1.165, 1.54) is 0 Å². The van der Waals surface area contributed by atoms with Gasteiger partial charge in [-0.05, 0) is 36.6 Å². The summed E-state index contributed by atoms with van der Waals surface area (Å²) in [7, 11) is 0. The summed E-state index contributed by atoms with van der Waals surface area (Å²) in [5.74, 6) is 0.521. The van der Waals surface area contributed by atoms with Crippen LogP contribution in [0.15, 0.2) is 42.5 Å². The van der Waals surface area contributed by atoms with Crippen LogP contribution in [0.25, 0.3) is 0 Å². The molecule has 5 nitrogen and oxygen atoms in total. The van der Waals surface area contributed by atoms with Crippen LogP contribution in [0.4, 0.5) is 0 Å². The maximum absolute atomic E-state index is 12.8. The fraction of sp³-hybridized carbons (Fsp3) is 0.478. The fourth-order valence-electron chi connectivity index (χ4n) is 4.16. The number of rotatable bonds is 5. The van der Waals surface area contributed by atoms with Crippen LogP contribution in [-0.4, -0.2) is 66.6 Å². The molecule has 2 aliphatic rings. The molecule has 6 heteroatoms. The van der Waals surface area contributed by atoms with E-state index in [1.807, 2.05) is 29.2 Å². The summed E-state index contributed by atoms with van der Waals surface area (Å²) in [6.45, 7) is 5.22. The molecule has 2 saturated heterocycles. The molecule has 29 heavy (non-hydrogen) atoms. The minimum absolute atomic E-state index is 0.226. The van der Waals surface area contributed by atoms with Gasteiger partial charge in [-0.15, -0.1) is 0 Å². The van der Waals surface area contributed by atoms with E-state index in [0.29, 0.717) is 12.5 Å². The predicted octanol–water partition coefficient (Wildman–Crippen LogP) is 3.36. The average Bonchev–Trinajstić information content (AvgIpc) is 2.76. The molecule has 1 unspecified atom stereocenters. The summed E-state index contributed by atoms with van der Waals surface area (Å²) < 4.78 is 5.38. The number of amides is 1. The van der Waals surface area contributed by atoms with Crippen LogP contribution in [0.2, 0.25) is 5.02 Å². The minimum Gasteiger partial charge on any atom is -0.379 e. The van der Waals surface area contributed by atoms with Gasteiger partial charge in [-0.25, -0.2) is 0 Å². The molecular weight excluding hydrogens is 386 g/mol. The zero-order valence-electron chi connectivity index (χ0n) is 16.7. The van der Waals surface area contributed by atoms with Crippen LogP contribution in [0.1, 0.15) is 35.7 Å². The maximum atomic E-state index is 12.8. The van der Waals surface area contributed by atoms with Crippen molar-refractivity contribution < 1.29 is 9.53 Å². The van der Waals surface area contributed by atoms with E-state index in [-0.39, 0.29) is 5.91 Å². The van der Waals surface area contributed by atoms with Gasteiger partial charge < -0.3 is 9.64 Å². The summed E-state index contributed by atoms with van der Waals surface area (Å²) >= 11 is 6.31. The Bertz CT molecular complexity index is 838. The first-order chi connectivity index (χ1) is 14.2. The first-order valence-corrected chi connectivity index (χ1v) is 10.8. The Morgan fingerprint density at radius 1 is 1.10 bits per heavy atom. The number of nitrogens with zero attached hydrogens (tertiary/aromatic N) is 3. The van der Waals surface area contributed by atoms with Crippen molar-refractivity contribution in [3.63, 3.8) is 0 Å². The third-order valence-electron chi connectivity index (χ3n) is 5.81. The molecule has 154 valence electrons. The number of carbonyl (C=O) groups is 1. The Morgan fingerprint density at radius 3 is 2.76 bits per heavy atom. The molecular formula is C23H28ClN3O2. The molecule has 4 rings (SSSR count). The van der Waals surface area contributed by atoms with E-state index < -0.39 is 0 Å². The summed E-state index contributed by atoms with van der Waals surface area (Å²) in [6.07, 6.45) is 2.82. The normalized spacial score (nSPS) is 20.6. The van der Waals surface area contributed by atoms with Crippen molar-refractivity contribution in [1.29, 1.82) is 0 Å². The van der Waals surface area contributed by atoms with Gasteiger partial charge in [0.15, 0.2) is 0 Å². The minimum atomic E-state index is 0.226. The van der Waals surface area contributed by atoms with Crippen molar-refractivity contribution >= 4 is 17.5 Å². The molecule has 1 aromatic heterocycles. The Balaban J connectivity index is 1.40. The van der Waals surface area contributed by atoms with Gasteiger partial charge in [-0.3, -0.25) is 14.7 Å². The quantitative estimate of drug-likeness (QED) is 0.754. The molecule has 2 aliphatic heterocycles. The van der Waals surface area contributed by atoms with E-state index in [2.05, 4.69) is 23.1 Å². The SMILES string of the molecule is O=C(CN1CCOCC1)N1CCCC(c2cccc(Cc3ccccc3Cl)n2)C1. The molecule has 2 aromatic rings. The number of piperidine rings is 1. The molecule has 1 amide bonds. The maximum Gasteiger partial charge on any atom is 0.236 e. The summed E-state index contributed by atoms with van der Waals surface area (Å²) in [6, 6.07) is 14.1. The van der Waals surface area contributed by atoms with Gasteiger partial charge in [0.25, 0.3) is 0 Å². The second-order valence-electron chi connectivity index (χ2n) is 7.89. The third kappa shape index (κ3) is 5.35. The number of ether oxygens (including phenoxy) is 1. The molecule has 2 fully saturated rings. The number of morpholine rings is 1. The van der Waals surface area contributed by atoms with E-state index in [1.54, 1.807) is 0 Å². The molecule has 0 aliphatic carbocycles. The number of carbonyl (C=O) groups excluding carboxylic acids is 1.